The highest BCUT2D eigenvalue weighted by Crippen LogP contribution is 2.39. The first-order chi connectivity index (χ1) is 16.6. The van der Waals surface area contributed by atoms with Crippen molar-refractivity contribution in [2.75, 3.05) is 13.1 Å². The summed E-state index contributed by atoms with van der Waals surface area (Å²) in [6.45, 7) is 4.09. The molecule has 0 bridgehead atoms. The van der Waals surface area contributed by atoms with Gasteiger partial charge in [0.2, 0.25) is 0 Å². The number of hydrogen-bond donors (Lipinski definition) is 1. The lowest BCUT2D eigenvalue weighted by molar-refractivity contribution is -0.183. The lowest BCUT2D eigenvalue weighted by Gasteiger charge is -2.30. The maximum absolute atomic E-state index is 15.2. The molecular formula is C24H24F4N6O. The van der Waals surface area contributed by atoms with Crippen LogP contribution < -0.4 is 10.5 Å². The van der Waals surface area contributed by atoms with Crippen molar-refractivity contribution in [2.24, 2.45) is 5.73 Å². The summed E-state index contributed by atoms with van der Waals surface area (Å²) >= 11 is 0. The molecule has 0 saturated carbocycles. The lowest BCUT2D eigenvalue weighted by Crippen LogP contribution is -2.38. The lowest BCUT2D eigenvalue weighted by atomic mass is 10.1. The van der Waals surface area contributed by atoms with E-state index in [0.717, 1.165) is 0 Å². The first-order valence-electron chi connectivity index (χ1n) is 11.3. The number of halogens is 4. The van der Waals surface area contributed by atoms with Gasteiger partial charge in [0.25, 0.3) is 0 Å². The maximum Gasteiger partial charge on any atom is 0.408 e. The molecule has 0 radical (unpaired) electrons. The number of alkyl halides is 3. The second-order valence-electron chi connectivity index (χ2n) is 9.02. The third kappa shape index (κ3) is 4.41. The Bertz CT molecular complexity index is 1390. The second-order valence-corrected chi connectivity index (χ2v) is 9.02. The van der Waals surface area contributed by atoms with E-state index in [1.807, 2.05) is 13.8 Å². The van der Waals surface area contributed by atoms with Crippen LogP contribution in [-0.4, -0.2) is 55.9 Å². The number of fused-ring (bicyclic) bond motifs is 2. The Balaban J connectivity index is 1.64. The van der Waals surface area contributed by atoms with Gasteiger partial charge in [-0.15, -0.1) is 10.2 Å². The number of benzene rings is 1. The van der Waals surface area contributed by atoms with E-state index in [-0.39, 0.29) is 48.0 Å². The maximum atomic E-state index is 15.2. The highest BCUT2D eigenvalue weighted by atomic mass is 19.4. The van der Waals surface area contributed by atoms with E-state index in [1.54, 1.807) is 18.2 Å². The van der Waals surface area contributed by atoms with Crippen molar-refractivity contribution >= 4 is 16.6 Å². The Morgan fingerprint density at radius 2 is 1.94 bits per heavy atom. The molecule has 2 atom stereocenters. The van der Waals surface area contributed by atoms with Crippen molar-refractivity contribution in [2.45, 2.75) is 44.6 Å². The average molecular weight is 488 g/mol. The van der Waals surface area contributed by atoms with Crippen molar-refractivity contribution in [3.63, 3.8) is 0 Å². The normalized spacial score (nSPS) is 18.1. The number of ether oxygens (including phenoxy) is 1. The summed E-state index contributed by atoms with van der Waals surface area (Å²) in [5.74, 6) is -0.202. The summed E-state index contributed by atoms with van der Waals surface area (Å²) in [5.41, 5.74) is 6.42. The molecule has 7 nitrogen and oxygen atoms in total. The standard InChI is InChI=1S/C24H24F4N6O/c1-13(2)35-18-5-3-4-14-10-17(25)21(30-20(14)18)23-32-31-19-7-6-15(11-34(19)23)22(24(26,27)28)33-9-8-16(29)12-33/h3-7,10-11,13,16,22H,8-9,12,29H2,1-2H3/t16-,22+/m0/s1. The molecule has 2 N–H and O–H groups in total. The van der Waals surface area contributed by atoms with Gasteiger partial charge in [0.1, 0.15) is 23.0 Å². The Hall–Kier alpha value is -3.31. The number of rotatable bonds is 5. The molecule has 1 aliphatic heterocycles. The van der Waals surface area contributed by atoms with Gasteiger partial charge in [0.15, 0.2) is 17.3 Å². The van der Waals surface area contributed by atoms with E-state index in [2.05, 4.69) is 15.2 Å². The molecule has 3 aromatic heterocycles. The molecular weight excluding hydrogens is 464 g/mol. The van der Waals surface area contributed by atoms with Crippen molar-refractivity contribution in [3.05, 3.63) is 54.0 Å². The van der Waals surface area contributed by atoms with Crippen LogP contribution in [0.2, 0.25) is 0 Å². The zero-order chi connectivity index (χ0) is 24.9. The van der Waals surface area contributed by atoms with Crippen molar-refractivity contribution in [1.82, 2.24) is 24.5 Å². The second kappa shape index (κ2) is 8.72. The van der Waals surface area contributed by atoms with E-state index >= 15 is 4.39 Å². The summed E-state index contributed by atoms with van der Waals surface area (Å²) in [7, 11) is 0. The highest BCUT2D eigenvalue weighted by molar-refractivity contribution is 5.86. The molecule has 0 aliphatic carbocycles. The van der Waals surface area contributed by atoms with Crippen LogP contribution in [0.15, 0.2) is 42.6 Å². The fraction of sp³-hybridized carbons (Fsp3) is 0.375. The van der Waals surface area contributed by atoms with Crippen LogP contribution in [0.4, 0.5) is 17.6 Å². The summed E-state index contributed by atoms with van der Waals surface area (Å²) < 4.78 is 64.6. The minimum absolute atomic E-state index is 0.000326. The SMILES string of the molecule is CC(C)Oc1cccc2cc(F)c(-c3nnc4ccc([C@@H](N5CC[C@H](N)C5)C(F)(F)F)cn34)nc12. The van der Waals surface area contributed by atoms with E-state index in [0.29, 0.717) is 23.1 Å². The fourth-order valence-electron chi connectivity index (χ4n) is 4.54. The van der Waals surface area contributed by atoms with Gasteiger partial charge in [-0.2, -0.15) is 13.2 Å². The van der Waals surface area contributed by atoms with Gasteiger partial charge in [-0.05, 0) is 44.0 Å². The van der Waals surface area contributed by atoms with Gasteiger partial charge >= 0.3 is 6.18 Å². The number of aromatic nitrogens is 4. The molecule has 35 heavy (non-hydrogen) atoms. The molecule has 5 rings (SSSR count). The van der Waals surface area contributed by atoms with Crippen molar-refractivity contribution in [1.29, 1.82) is 0 Å². The number of likely N-dealkylation sites (tertiary alicyclic amines) is 1. The van der Waals surface area contributed by atoms with Crippen LogP contribution in [0.25, 0.3) is 28.1 Å². The monoisotopic (exact) mass is 488 g/mol. The molecule has 1 fully saturated rings. The van der Waals surface area contributed by atoms with Crippen LogP contribution in [-0.2, 0) is 0 Å². The molecule has 0 unspecified atom stereocenters. The predicted molar refractivity (Wildman–Crippen MR) is 122 cm³/mol. The third-order valence-corrected chi connectivity index (χ3v) is 6.01. The van der Waals surface area contributed by atoms with Crippen LogP contribution >= 0.6 is 0 Å². The zero-order valence-electron chi connectivity index (χ0n) is 19.1. The number of nitrogens with two attached hydrogens (primary N) is 1. The molecule has 4 aromatic rings. The van der Waals surface area contributed by atoms with E-state index in [4.69, 9.17) is 10.5 Å². The van der Waals surface area contributed by atoms with Gasteiger partial charge in [0, 0.05) is 30.7 Å². The quantitative estimate of drug-likeness (QED) is 0.417. The van der Waals surface area contributed by atoms with Gasteiger partial charge < -0.3 is 10.5 Å². The third-order valence-electron chi connectivity index (χ3n) is 6.01. The largest absolute Gasteiger partial charge is 0.489 e. The first-order valence-corrected chi connectivity index (χ1v) is 11.3. The van der Waals surface area contributed by atoms with E-state index in [1.165, 1.54) is 33.7 Å². The Morgan fingerprint density at radius 1 is 1.14 bits per heavy atom. The van der Waals surface area contributed by atoms with Gasteiger partial charge in [-0.25, -0.2) is 9.37 Å². The van der Waals surface area contributed by atoms with Crippen LogP contribution in [0, 0.1) is 5.82 Å². The minimum Gasteiger partial charge on any atom is -0.489 e. The Morgan fingerprint density at radius 3 is 2.63 bits per heavy atom. The van der Waals surface area contributed by atoms with Gasteiger partial charge in [0.05, 0.1) is 6.10 Å². The smallest absolute Gasteiger partial charge is 0.408 e. The molecule has 11 heteroatoms. The molecule has 1 saturated heterocycles. The summed E-state index contributed by atoms with van der Waals surface area (Å²) in [4.78, 5) is 5.78. The molecule has 1 aromatic carbocycles. The van der Waals surface area contributed by atoms with Crippen LogP contribution in [0.5, 0.6) is 5.75 Å². The molecule has 184 valence electrons. The first kappa shape index (κ1) is 23.4. The minimum atomic E-state index is -4.53. The zero-order valence-corrected chi connectivity index (χ0v) is 19.1. The molecule has 0 amide bonds. The number of nitrogens with zero attached hydrogens (tertiary/aromatic N) is 5. The fourth-order valence-corrected chi connectivity index (χ4v) is 4.54. The predicted octanol–water partition coefficient (Wildman–Crippen LogP) is 4.51. The summed E-state index contributed by atoms with van der Waals surface area (Å²) in [5, 5.41) is 8.60. The van der Waals surface area contributed by atoms with E-state index in [9.17, 15) is 13.2 Å². The number of pyridine rings is 2. The average Bonchev–Trinajstić information content (AvgIpc) is 3.38. The van der Waals surface area contributed by atoms with Crippen molar-refractivity contribution in [3.8, 4) is 17.3 Å². The molecule has 0 spiro atoms. The van der Waals surface area contributed by atoms with Crippen LogP contribution in [0.1, 0.15) is 31.9 Å². The Labute approximate surface area is 198 Å². The highest BCUT2D eigenvalue weighted by Gasteiger charge is 2.46. The summed E-state index contributed by atoms with van der Waals surface area (Å²) in [6.07, 6.45) is -2.87. The van der Waals surface area contributed by atoms with Crippen molar-refractivity contribution < 1.29 is 22.3 Å². The van der Waals surface area contributed by atoms with Crippen LogP contribution in [0.3, 0.4) is 0 Å². The molecule has 4 heterocycles. The summed E-state index contributed by atoms with van der Waals surface area (Å²) in [6, 6.07) is 7.12. The molecule has 1 aliphatic rings. The number of hydrogen-bond acceptors (Lipinski definition) is 6. The van der Waals surface area contributed by atoms with Gasteiger partial charge in [-0.3, -0.25) is 9.30 Å². The van der Waals surface area contributed by atoms with E-state index < -0.39 is 18.0 Å². The topological polar surface area (TPSA) is 81.6 Å². The number of para-hydroxylation sites is 1. The van der Waals surface area contributed by atoms with Gasteiger partial charge in [-0.1, -0.05) is 18.2 Å². The Kier molecular flexibility index (Phi) is 5.84.